The predicted molar refractivity (Wildman–Crippen MR) is 69.8 cm³/mol. The fourth-order valence-electron chi connectivity index (χ4n) is 2.61. The van der Waals surface area contributed by atoms with Crippen molar-refractivity contribution in [2.24, 2.45) is 0 Å². The van der Waals surface area contributed by atoms with Crippen molar-refractivity contribution in [1.82, 2.24) is 0 Å². The molecule has 0 aromatic rings. The van der Waals surface area contributed by atoms with Gasteiger partial charge in [0.2, 0.25) is 8.32 Å². The van der Waals surface area contributed by atoms with Crippen LogP contribution in [0.25, 0.3) is 0 Å². The SMILES string of the molecule is CC(=O)C=C(C)O[Si](C)(C)C1CCCCC1. The molecule has 0 bridgehead atoms. The maximum absolute atomic E-state index is 11.0. The van der Waals surface area contributed by atoms with E-state index in [1.807, 2.05) is 6.92 Å². The molecular formula is C13H24O2Si. The van der Waals surface area contributed by atoms with Crippen LogP contribution in [-0.4, -0.2) is 14.1 Å². The number of ketones is 1. The number of hydrogen-bond acceptors (Lipinski definition) is 2. The lowest BCUT2D eigenvalue weighted by molar-refractivity contribution is -0.112. The first kappa shape index (κ1) is 13.5. The van der Waals surface area contributed by atoms with Gasteiger partial charge in [0.15, 0.2) is 5.78 Å². The Labute approximate surface area is 100 Å². The highest BCUT2D eigenvalue weighted by molar-refractivity contribution is 6.72. The first-order valence-corrected chi connectivity index (χ1v) is 9.28. The van der Waals surface area contributed by atoms with E-state index in [0.29, 0.717) is 0 Å². The maximum Gasteiger partial charge on any atom is 0.247 e. The van der Waals surface area contributed by atoms with Crippen LogP contribution < -0.4 is 0 Å². The van der Waals surface area contributed by atoms with E-state index in [2.05, 4.69) is 13.1 Å². The number of carbonyl (C=O) groups is 1. The Bertz CT molecular complexity index is 276. The average Bonchev–Trinajstić information content (AvgIpc) is 2.16. The van der Waals surface area contributed by atoms with Crippen LogP contribution >= 0.6 is 0 Å². The molecule has 0 saturated heterocycles. The molecule has 0 amide bonds. The van der Waals surface area contributed by atoms with E-state index >= 15 is 0 Å². The normalized spacial score (nSPS) is 19.6. The Morgan fingerprint density at radius 1 is 1.19 bits per heavy atom. The first-order chi connectivity index (χ1) is 7.42. The number of rotatable bonds is 4. The third-order valence-electron chi connectivity index (χ3n) is 3.42. The van der Waals surface area contributed by atoms with E-state index in [9.17, 15) is 4.79 Å². The molecule has 1 aliphatic rings. The fraction of sp³-hybridized carbons (Fsp3) is 0.769. The maximum atomic E-state index is 11.0. The molecule has 16 heavy (non-hydrogen) atoms. The predicted octanol–water partition coefficient (Wildman–Crippen LogP) is 4.04. The molecule has 3 heteroatoms. The van der Waals surface area contributed by atoms with Crippen molar-refractivity contribution in [3.63, 3.8) is 0 Å². The second-order valence-electron chi connectivity index (χ2n) is 5.41. The van der Waals surface area contributed by atoms with Gasteiger partial charge in [-0.3, -0.25) is 4.79 Å². The van der Waals surface area contributed by atoms with Gasteiger partial charge in [0, 0.05) is 6.08 Å². The molecule has 0 spiro atoms. The van der Waals surface area contributed by atoms with Crippen LogP contribution in [0.3, 0.4) is 0 Å². The lowest BCUT2D eigenvalue weighted by Gasteiger charge is -2.35. The minimum atomic E-state index is -1.65. The average molecular weight is 240 g/mol. The number of allylic oxidation sites excluding steroid dienone is 2. The molecule has 0 radical (unpaired) electrons. The van der Waals surface area contributed by atoms with Crippen LogP contribution in [0.5, 0.6) is 0 Å². The molecule has 0 aromatic heterocycles. The van der Waals surface area contributed by atoms with E-state index in [4.69, 9.17) is 4.43 Å². The molecule has 0 atom stereocenters. The molecule has 0 unspecified atom stereocenters. The largest absolute Gasteiger partial charge is 0.547 e. The van der Waals surface area contributed by atoms with Crippen LogP contribution in [0.15, 0.2) is 11.8 Å². The second kappa shape index (κ2) is 5.67. The zero-order valence-corrected chi connectivity index (χ0v) is 12.0. The standard InChI is InChI=1S/C13H24O2Si/c1-11(14)10-12(2)15-16(3,4)13-8-6-5-7-9-13/h10,13H,5-9H2,1-4H3. The molecule has 1 saturated carbocycles. The highest BCUT2D eigenvalue weighted by Gasteiger charge is 2.36. The summed E-state index contributed by atoms with van der Waals surface area (Å²) in [5.41, 5.74) is 0.761. The Morgan fingerprint density at radius 3 is 2.25 bits per heavy atom. The highest BCUT2D eigenvalue weighted by Crippen LogP contribution is 2.38. The minimum absolute atomic E-state index is 0.0749. The van der Waals surface area contributed by atoms with Gasteiger partial charge in [-0.2, -0.15) is 0 Å². The molecule has 0 N–H and O–H groups in total. The van der Waals surface area contributed by atoms with Crippen LogP contribution in [0, 0.1) is 0 Å². The smallest absolute Gasteiger partial charge is 0.247 e. The third-order valence-corrected chi connectivity index (χ3v) is 6.81. The Morgan fingerprint density at radius 2 is 1.75 bits per heavy atom. The Hall–Kier alpha value is -0.573. The number of carbonyl (C=O) groups excluding carboxylic acids is 1. The summed E-state index contributed by atoms with van der Waals surface area (Å²) in [7, 11) is -1.65. The molecule has 1 aliphatic carbocycles. The number of hydrogen-bond donors (Lipinski definition) is 0. The Balaban J connectivity index is 2.58. The van der Waals surface area contributed by atoms with Crippen molar-refractivity contribution < 1.29 is 9.22 Å². The monoisotopic (exact) mass is 240 g/mol. The summed E-state index contributed by atoms with van der Waals surface area (Å²) in [6, 6.07) is 0. The summed E-state index contributed by atoms with van der Waals surface area (Å²) < 4.78 is 6.07. The van der Waals surface area contributed by atoms with Gasteiger partial charge in [-0.05, 0) is 45.3 Å². The molecule has 1 rings (SSSR count). The van der Waals surface area contributed by atoms with Crippen LogP contribution in [0.2, 0.25) is 18.6 Å². The van der Waals surface area contributed by atoms with Gasteiger partial charge in [-0.1, -0.05) is 19.3 Å². The fourth-order valence-corrected chi connectivity index (χ4v) is 5.47. The van der Waals surface area contributed by atoms with Crippen LogP contribution in [0.1, 0.15) is 46.0 Å². The summed E-state index contributed by atoms with van der Waals surface area (Å²) in [6.07, 6.45) is 8.31. The third kappa shape index (κ3) is 4.12. The van der Waals surface area contributed by atoms with Crippen molar-refractivity contribution >= 4 is 14.1 Å². The van der Waals surface area contributed by atoms with Crippen LogP contribution in [0.4, 0.5) is 0 Å². The highest BCUT2D eigenvalue weighted by atomic mass is 28.4. The first-order valence-electron chi connectivity index (χ1n) is 6.29. The van der Waals surface area contributed by atoms with Crippen molar-refractivity contribution in [3.8, 4) is 0 Å². The summed E-state index contributed by atoms with van der Waals surface area (Å²) in [5, 5.41) is 0. The van der Waals surface area contributed by atoms with Gasteiger partial charge in [0.1, 0.15) is 0 Å². The zero-order chi connectivity index (χ0) is 12.2. The summed E-state index contributed by atoms with van der Waals surface area (Å²) in [6.45, 7) is 8.03. The van der Waals surface area contributed by atoms with E-state index < -0.39 is 8.32 Å². The van der Waals surface area contributed by atoms with Gasteiger partial charge < -0.3 is 4.43 Å². The summed E-state index contributed by atoms with van der Waals surface area (Å²) in [4.78, 5) is 11.0. The summed E-state index contributed by atoms with van der Waals surface area (Å²) >= 11 is 0. The van der Waals surface area contributed by atoms with Crippen LogP contribution in [-0.2, 0) is 9.22 Å². The molecular weight excluding hydrogens is 216 g/mol. The summed E-state index contributed by atoms with van der Waals surface area (Å²) in [5.74, 6) is 0.876. The quantitative estimate of drug-likeness (QED) is 0.421. The van der Waals surface area contributed by atoms with E-state index in [1.165, 1.54) is 32.1 Å². The van der Waals surface area contributed by atoms with Crippen molar-refractivity contribution in [2.45, 2.75) is 64.6 Å². The Kier molecular flexibility index (Phi) is 4.78. The lowest BCUT2D eigenvalue weighted by Crippen LogP contribution is -2.37. The molecule has 92 valence electrons. The van der Waals surface area contributed by atoms with E-state index in [-0.39, 0.29) is 5.78 Å². The zero-order valence-electron chi connectivity index (χ0n) is 11.0. The van der Waals surface area contributed by atoms with Crippen molar-refractivity contribution in [3.05, 3.63) is 11.8 Å². The van der Waals surface area contributed by atoms with Gasteiger partial charge in [-0.15, -0.1) is 0 Å². The second-order valence-corrected chi connectivity index (χ2v) is 9.63. The molecule has 1 fully saturated rings. The lowest BCUT2D eigenvalue weighted by atomic mass is 10.0. The van der Waals surface area contributed by atoms with E-state index in [1.54, 1.807) is 13.0 Å². The van der Waals surface area contributed by atoms with E-state index in [0.717, 1.165) is 11.3 Å². The topological polar surface area (TPSA) is 26.3 Å². The van der Waals surface area contributed by atoms with Gasteiger partial charge >= 0.3 is 0 Å². The van der Waals surface area contributed by atoms with Crippen molar-refractivity contribution in [2.75, 3.05) is 0 Å². The van der Waals surface area contributed by atoms with Crippen molar-refractivity contribution in [1.29, 1.82) is 0 Å². The van der Waals surface area contributed by atoms with Gasteiger partial charge in [0.05, 0.1) is 5.76 Å². The molecule has 0 heterocycles. The molecule has 2 nitrogen and oxygen atoms in total. The van der Waals surface area contributed by atoms with Gasteiger partial charge in [-0.25, -0.2) is 0 Å². The molecule has 0 aromatic carbocycles. The minimum Gasteiger partial charge on any atom is -0.547 e. The molecule has 0 aliphatic heterocycles. The van der Waals surface area contributed by atoms with Gasteiger partial charge in [0.25, 0.3) is 0 Å².